The Morgan fingerprint density at radius 3 is 2.73 bits per heavy atom. The summed E-state index contributed by atoms with van der Waals surface area (Å²) in [4.78, 5) is 10.9. The van der Waals surface area contributed by atoms with Crippen molar-refractivity contribution in [3.63, 3.8) is 0 Å². The van der Waals surface area contributed by atoms with Crippen LogP contribution in [0.25, 0.3) is 0 Å². The van der Waals surface area contributed by atoms with Gasteiger partial charge in [0.1, 0.15) is 11.6 Å². The van der Waals surface area contributed by atoms with E-state index in [0.29, 0.717) is 24.3 Å². The van der Waals surface area contributed by atoms with Crippen molar-refractivity contribution in [1.29, 1.82) is 0 Å². The van der Waals surface area contributed by atoms with Crippen LogP contribution in [0.15, 0.2) is 18.3 Å². The highest BCUT2D eigenvalue weighted by Crippen LogP contribution is 2.46. The van der Waals surface area contributed by atoms with Crippen molar-refractivity contribution in [1.82, 2.24) is 35.1 Å². The second kappa shape index (κ2) is 10.2. The number of hydrogen-bond acceptors (Lipinski definition) is 9. The number of ether oxygens (including phenoxy) is 1. The molecular formula is C25H31F2N9O. The Kier molecular flexibility index (Phi) is 6.58. The maximum atomic E-state index is 15.1. The highest BCUT2D eigenvalue weighted by molar-refractivity contribution is 5.61. The largest absolute Gasteiger partial charge is 0.423 e. The van der Waals surface area contributed by atoms with Gasteiger partial charge in [0, 0.05) is 31.3 Å². The summed E-state index contributed by atoms with van der Waals surface area (Å²) in [6, 6.07) is 3.75. The van der Waals surface area contributed by atoms with Crippen molar-refractivity contribution >= 4 is 17.5 Å². The summed E-state index contributed by atoms with van der Waals surface area (Å²) in [6.45, 7) is 2.95. The van der Waals surface area contributed by atoms with Gasteiger partial charge in [-0.1, -0.05) is 11.5 Å². The quantitative estimate of drug-likeness (QED) is 0.456. The van der Waals surface area contributed by atoms with E-state index in [1.54, 1.807) is 13.1 Å². The maximum absolute atomic E-state index is 15.1. The first-order valence-electron chi connectivity index (χ1n) is 13.1. The molecule has 0 unspecified atom stereocenters. The van der Waals surface area contributed by atoms with Gasteiger partial charge < -0.3 is 20.3 Å². The molecule has 12 heteroatoms. The molecule has 10 nitrogen and oxygen atoms in total. The average Bonchev–Trinajstić information content (AvgIpc) is 3.68. The van der Waals surface area contributed by atoms with Crippen LogP contribution in [0.2, 0.25) is 0 Å². The molecule has 1 aromatic carbocycles. The Morgan fingerprint density at radius 1 is 1.05 bits per heavy atom. The maximum Gasteiger partial charge on any atom is 0.340 e. The van der Waals surface area contributed by atoms with Gasteiger partial charge >= 0.3 is 6.01 Å². The molecule has 2 aromatic heterocycles. The van der Waals surface area contributed by atoms with E-state index in [1.807, 2.05) is 0 Å². The third-order valence-electron chi connectivity index (χ3n) is 7.65. The zero-order valence-corrected chi connectivity index (χ0v) is 20.8. The summed E-state index contributed by atoms with van der Waals surface area (Å²) in [5, 5.41) is 17.3. The lowest BCUT2D eigenvalue weighted by molar-refractivity contribution is 0.0648. The Hall–Kier alpha value is -3.41. The minimum Gasteiger partial charge on any atom is -0.423 e. The molecule has 1 saturated carbocycles. The van der Waals surface area contributed by atoms with Crippen LogP contribution in [-0.4, -0.2) is 60.8 Å². The fourth-order valence-electron chi connectivity index (χ4n) is 5.59. The van der Waals surface area contributed by atoms with Gasteiger partial charge in [0.15, 0.2) is 11.6 Å². The van der Waals surface area contributed by atoms with Crippen LogP contribution in [-0.2, 0) is 7.05 Å². The van der Waals surface area contributed by atoms with E-state index in [4.69, 9.17) is 4.74 Å². The molecule has 4 heterocycles. The van der Waals surface area contributed by atoms with Gasteiger partial charge in [-0.25, -0.2) is 13.8 Å². The van der Waals surface area contributed by atoms with Crippen LogP contribution in [0, 0.1) is 17.6 Å². The highest BCUT2D eigenvalue weighted by atomic mass is 19.1. The number of tetrazole rings is 1. The molecule has 6 rings (SSSR count). The number of aromatic nitrogens is 6. The summed E-state index contributed by atoms with van der Waals surface area (Å²) in [5.74, 6) is 0.342. The number of benzene rings is 1. The second-order valence-corrected chi connectivity index (χ2v) is 10.2. The standard InChI is InChI=1S/C25H31F2N9O/c1-35-25(32-33-34-35)37-22-12-20(18(26)11-17(22)15-7-8-15)30-24-29-14-19(27)23(31-24)28-13-16-5-4-10-36-9-3-2-6-21(16)36/h11-12,14-16,21H,2-10,13H2,1H3,(H2,28,29,30,31)/t16-,21+/m0/s1. The van der Waals surface area contributed by atoms with Crippen molar-refractivity contribution in [3.8, 4) is 11.8 Å². The molecule has 2 aliphatic heterocycles. The predicted octanol–water partition coefficient (Wildman–Crippen LogP) is 4.37. The number of halogens is 2. The van der Waals surface area contributed by atoms with Crippen LogP contribution in [0.3, 0.4) is 0 Å². The number of nitrogens with one attached hydrogen (secondary N) is 2. The normalized spacial score (nSPS) is 21.9. The van der Waals surface area contributed by atoms with E-state index in [0.717, 1.165) is 50.5 Å². The topological polar surface area (TPSA) is 106 Å². The lowest BCUT2D eigenvalue weighted by Crippen LogP contribution is -2.49. The smallest absolute Gasteiger partial charge is 0.340 e. The van der Waals surface area contributed by atoms with E-state index in [1.165, 1.54) is 30.0 Å². The molecule has 0 amide bonds. The van der Waals surface area contributed by atoms with E-state index >= 15 is 4.39 Å². The van der Waals surface area contributed by atoms with Crippen LogP contribution in [0.4, 0.5) is 26.2 Å². The van der Waals surface area contributed by atoms with Crippen molar-refractivity contribution in [2.45, 2.75) is 56.9 Å². The Labute approximate surface area is 213 Å². The molecule has 2 atom stereocenters. The van der Waals surface area contributed by atoms with Crippen molar-refractivity contribution in [2.24, 2.45) is 13.0 Å². The van der Waals surface area contributed by atoms with Crippen molar-refractivity contribution < 1.29 is 13.5 Å². The number of aryl methyl sites for hydroxylation is 1. The fraction of sp³-hybridized carbons (Fsp3) is 0.560. The fourth-order valence-corrected chi connectivity index (χ4v) is 5.59. The summed E-state index contributed by atoms with van der Waals surface area (Å²) in [6.07, 6.45) is 9.01. The lowest BCUT2D eigenvalue weighted by Gasteiger charge is -2.44. The van der Waals surface area contributed by atoms with Crippen LogP contribution in [0.5, 0.6) is 11.8 Å². The first-order valence-corrected chi connectivity index (χ1v) is 13.1. The third-order valence-corrected chi connectivity index (χ3v) is 7.65. The number of nitrogens with zero attached hydrogens (tertiary/aromatic N) is 7. The van der Waals surface area contributed by atoms with E-state index in [-0.39, 0.29) is 29.4 Å². The molecule has 1 aliphatic carbocycles. The first-order chi connectivity index (χ1) is 18.0. The minimum atomic E-state index is -0.537. The molecule has 3 aliphatic rings. The van der Waals surface area contributed by atoms with Crippen LogP contribution >= 0.6 is 0 Å². The highest BCUT2D eigenvalue weighted by Gasteiger charge is 2.33. The number of fused-ring (bicyclic) bond motifs is 1. The Balaban J connectivity index is 1.19. The SMILES string of the molecule is Cn1nnnc1Oc1cc(Nc2ncc(F)c(NC[C@@H]3CCCN4CCCC[C@H]34)n2)c(F)cc1C1CC1. The second-order valence-electron chi connectivity index (χ2n) is 10.2. The summed E-state index contributed by atoms with van der Waals surface area (Å²) >= 11 is 0. The molecule has 0 bridgehead atoms. The van der Waals surface area contributed by atoms with E-state index in [9.17, 15) is 4.39 Å². The number of hydrogen-bond donors (Lipinski definition) is 2. The lowest BCUT2D eigenvalue weighted by atomic mass is 9.83. The molecule has 37 heavy (non-hydrogen) atoms. The molecule has 2 N–H and O–H groups in total. The molecule has 3 fully saturated rings. The molecular weight excluding hydrogens is 480 g/mol. The summed E-state index contributed by atoms with van der Waals surface area (Å²) in [5.41, 5.74) is 0.884. The minimum absolute atomic E-state index is 0.0937. The third kappa shape index (κ3) is 5.20. The van der Waals surface area contributed by atoms with Gasteiger partial charge in [0.25, 0.3) is 0 Å². The van der Waals surface area contributed by atoms with Gasteiger partial charge in [0.2, 0.25) is 5.95 Å². The first kappa shape index (κ1) is 24.0. The zero-order chi connectivity index (χ0) is 25.4. The predicted molar refractivity (Wildman–Crippen MR) is 133 cm³/mol. The van der Waals surface area contributed by atoms with Gasteiger partial charge in [-0.15, -0.1) is 0 Å². The van der Waals surface area contributed by atoms with Gasteiger partial charge in [0.05, 0.1) is 11.9 Å². The summed E-state index contributed by atoms with van der Waals surface area (Å²) < 4.78 is 37.0. The summed E-state index contributed by atoms with van der Waals surface area (Å²) in [7, 11) is 1.66. The van der Waals surface area contributed by atoms with Gasteiger partial charge in [-0.05, 0) is 79.9 Å². The molecule has 3 aromatic rings. The number of piperidine rings is 2. The Bertz CT molecular complexity index is 1260. The van der Waals surface area contributed by atoms with Gasteiger partial charge in [-0.2, -0.15) is 9.67 Å². The molecule has 2 saturated heterocycles. The average molecular weight is 512 g/mol. The van der Waals surface area contributed by atoms with Gasteiger partial charge in [-0.3, -0.25) is 0 Å². The van der Waals surface area contributed by atoms with Crippen LogP contribution < -0.4 is 15.4 Å². The molecule has 196 valence electrons. The van der Waals surface area contributed by atoms with Crippen molar-refractivity contribution in [3.05, 3.63) is 35.5 Å². The number of anilines is 3. The molecule has 0 spiro atoms. The molecule has 0 radical (unpaired) electrons. The van der Waals surface area contributed by atoms with Crippen molar-refractivity contribution in [2.75, 3.05) is 30.3 Å². The van der Waals surface area contributed by atoms with E-state index in [2.05, 4.69) is 41.0 Å². The Morgan fingerprint density at radius 2 is 1.92 bits per heavy atom. The number of rotatable bonds is 8. The van der Waals surface area contributed by atoms with Crippen LogP contribution in [0.1, 0.15) is 56.4 Å². The monoisotopic (exact) mass is 511 g/mol. The zero-order valence-electron chi connectivity index (χ0n) is 20.8. The van der Waals surface area contributed by atoms with E-state index < -0.39 is 11.6 Å².